The molecule has 1 rings (SSSR count). The lowest BCUT2D eigenvalue weighted by molar-refractivity contribution is -0.136. The summed E-state index contributed by atoms with van der Waals surface area (Å²) >= 11 is 0. The second-order valence-electron chi connectivity index (χ2n) is 2.63. The zero-order chi connectivity index (χ0) is 10.3. The van der Waals surface area contributed by atoms with E-state index >= 15 is 0 Å². The van der Waals surface area contributed by atoms with Crippen molar-refractivity contribution in [3.63, 3.8) is 0 Å². The Morgan fingerprint density at radius 3 is 2.31 bits per heavy atom. The van der Waals surface area contributed by atoms with E-state index < -0.39 is 0 Å². The first-order valence-electron chi connectivity index (χ1n) is 4.76. The van der Waals surface area contributed by atoms with E-state index in [1.807, 2.05) is 26.8 Å². The fraction of sp³-hybridized carbons (Fsp3) is 0.545. The van der Waals surface area contributed by atoms with Crippen LogP contribution in [0.3, 0.4) is 0 Å². The molecule has 1 aliphatic rings. The van der Waals surface area contributed by atoms with Gasteiger partial charge in [0, 0.05) is 6.92 Å². The first-order chi connectivity index (χ1) is 6.20. The van der Waals surface area contributed by atoms with Gasteiger partial charge in [-0.2, -0.15) is 0 Å². The lowest BCUT2D eigenvalue weighted by Gasteiger charge is -2.10. The summed E-state index contributed by atoms with van der Waals surface area (Å²) in [5, 5.41) is 0. The Morgan fingerprint density at radius 2 is 1.85 bits per heavy atom. The highest BCUT2D eigenvalue weighted by atomic mass is 16.5. The molecule has 0 spiro atoms. The SMILES string of the molecule is CC.CC(=O)OC1=CCCC=C1C. The van der Waals surface area contributed by atoms with Gasteiger partial charge in [-0.05, 0) is 31.4 Å². The molecule has 0 bridgehead atoms. The topological polar surface area (TPSA) is 26.3 Å². The van der Waals surface area contributed by atoms with Gasteiger partial charge in [0.15, 0.2) is 0 Å². The number of hydrogen-bond donors (Lipinski definition) is 0. The summed E-state index contributed by atoms with van der Waals surface area (Å²) in [4.78, 5) is 10.6. The predicted molar refractivity (Wildman–Crippen MR) is 54.2 cm³/mol. The van der Waals surface area contributed by atoms with Crippen molar-refractivity contribution in [3.8, 4) is 0 Å². The maximum Gasteiger partial charge on any atom is 0.308 e. The van der Waals surface area contributed by atoms with Crippen LogP contribution in [0.1, 0.15) is 40.5 Å². The molecule has 2 heteroatoms. The zero-order valence-corrected chi connectivity index (χ0v) is 8.89. The van der Waals surface area contributed by atoms with Crippen molar-refractivity contribution in [1.82, 2.24) is 0 Å². The Kier molecular flexibility index (Phi) is 5.94. The standard InChI is InChI=1S/C9H12O2.C2H6/c1-7-5-3-4-6-9(7)11-8(2)10;1-2/h5-6H,3-4H2,1-2H3;1-2H3. The number of carbonyl (C=O) groups excluding carboxylic acids is 1. The van der Waals surface area contributed by atoms with Gasteiger partial charge in [0.1, 0.15) is 5.76 Å². The average Bonchev–Trinajstić information content (AvgIpc) is 2.12. The number of rotatable bonds is 1. The van der Waals surface area contributed by atoms with E-state index in [9.17, 15) is 4.79 Å². The van der Waals surface area contributed by atoms with Crippen LogP contribution in [0.25, 0.3) is 0 Å². The van der Waals surface area contributed by atoms with E-state index in [4.69, 9.17) is 4.74 Å². The van der Waals surface area contributed by atoms with Gasteiger partial charge in [0.25, 0.3) is 0 Å². The van der Waals surface area contributed by atoms with Gasteiger partial charge in [-0.25, -0.2) is 0 Å². The number of allylic oxidation sites excluding steroid dienone is 3. The van der Waals surface area contributed by atoms with Crippen LogP contribution in [-0.4, -0.2) is 5.97 Å². The van der Waals surface area contributed by atoms with E-state index in [2.05, 4.69) is 6.08 Å². The van der Waals surface area contributed by atoms with Gasteiger partial charge in [-0.3, -0.25) is 4.79 Å². The molecule has 0 saturated carbocycles. The van der Waals surface area contributed by atoms with Crippen LogP contribution >= 0.6 is 0 Å². The average molecular weight is 182 g/mol. The summed E-state index contributed by atoms with van der Waals surface area (Å²) in [6.45, 7) is 7.37. The van der Waals surface area contributed by atoms with Gasteiger partial charge in [0.2, 0.25) is 0 Å². The second-order valence-corrected chi connectivity index (χ2v) is 2.63. The Bertz CT molecular complexity index is 224. The van der Waals surface area contributed by atoms with Gasteiger partial charge in [0.05, 0.1) is 0 Å². The molecule has 0 aromatic carbocycles. The molecule has 0 N–H and O–H groups in total. The van der Waals surface area contributed by atoms with Crippen molar-refractivity contribution in [2.24, 2.45) is 0 Å². The van der Waals surface area contributed by atoms with Gasteiger partial charge >= 0.3 is 5.97 Å². The lowest BCUT2D eigenvalue weighted by Crippen LogP contribution is -2.02. The minimum atomic E-state index is -0.245. The Hall–Kier alpha value is -1.05. The van der Waals surface area contributed by atoms with Crippen LogP contribution in [-0.2, 0) is 9.53 Å². The molecule has 0 aromatic rings. The largest absolute Gasteiger partial charge is 0.427 e. The molecule has 0 saturated heterocycles. The van der Waals surface area contributed by atoms with Crippen LogP contribution in [0.15, 0.2) is 23.5 Å². The number of hydrogen-bond acceptors (Lipinski definition) is 2. The Morgan fingerprint density at radius 1 is 1.31 bits per heavy atom. The van der Waals surface area contributed by atoms with Crippen molar-refractivity contribution >= 4 is 5.97 Å². The molecular formula is C11H18O2. The molecule has 0 radical (unpaired) electrons. The third-order valence-corrected chi connectivity index (χ3v) is 1.59. The van der Waals surface area contributed by atoms with E-state index in [0.29, 0.717) is 0 Å². The lowest BCUT2D eigenvalue weighted by atomic mass is 10.1. The highest BCUT2D eigenvalue weighted by Gasteiger charge is 2.06. The molecule has 0 unspecified atom stereocenters. The maximum absolute atomic E-state index is 10.6. The zero-order valence-electron chi connectivity index (χ0n) is 8.89. The maximum atomic E-state index is 10.6. The molecule has 1 aliphatic carbocycles. The first-order valence-corrected chi connectivity index (χ1v) is 4.76. The third kappa shape index (κ3) is 4.51. The van der Waals surface area contributed by atoms with E-state index in [1.165, 1.54) is 6.92 Å². The summed E-state index contributed by atoms with van der Waals surface area (Å²) in [6, 6.07) is 0. The van der Waals surface area contributed by atoms with Crippen molar-refractivity contribution in [3.05, 3.63) is 23.5 Å². The van der Waals surface area contributed by atoms with Crippen molar-refractivity contribution in [2.45, 2.75) is 40.5 Å². The van der Waals surface area contributed by atoms with Crippen molar-refractivity contribution < 1.29 is 9.53 Å². The first kappa shape index (κ1) is 11.9. The number of ether oxygens (including phenoxy) is 1. The van der Waals surface area contributed by atoms with Gasteiger partial charge in [-0.15, -0.1) is 0 Å². The molecule has 13 heavy (non-hydrogen) atoms. The summed E-state index contributed by atoms with van der Waals surface area (Å²) in [5.74, 6) is 0.481. The normalized spacial score (nSPS) is 14.8. The fourth-order valence-corrected chi connectivity index (χ4v) is 1.05. The van der Waals surface area contributed by atoms with Crippen LogP contribution in [0.4, 0.5) is 0 Å². The van der Waals surface area contributed by atoms with Crippen LogP contribution < -0.4 is 0 Å². The van der Waals surface area contributed by atoms with Gasteiger partial charge < -0.3 is 4.74 Å². The molecule has 0 aliphatic heterocycles. The van der Waals surface area contributed by atoms with Crippen LogP contribution in [0.5, 0.6) is 0 Å². The quantitative estimate of drug-likeness (QED) is 0.582. The fourth-order valence-electron chi connectivity index (χ4n) is 1.05. The van der Waals surface area contributed by atoms with E-state index in [-0.39, 0.29) is 5.97 Å². The highest BCUT2D eigenvalue weighted by Crippen LogP contribution is 2.18. The molecule has 2 nitrogen and oxygen atoms in total. The molecule has 0 fully saturated rings. The molecule has 0 aromatic heterocycles. The minimum Gasteiger partial charge on any atom is -0.427 e. The summed E-state index contributed by atoms with van der Waals surface area (Å²) < 4.78 is 4.96. The summed E-state index contributed by atoms with van der Waals surface area (Å²) in [5.41, 5.74) is 1.06. The summed E-state index contributed by atoms with van der Waals surface area (Å²) in [6.07, 6.45) is 6.06. The minimum absolute atomic E-state index is 0.245. The predicted octanol–water partition coefficient (Wildman–Crippen LogP) is 3.20. The molecule has 74 valence electrons. The highest BCUT2D eigenvalue weighted by molar-refractivity contribution is 5.68. The molecular weight excluding hydrogens is 164 g/mol. The second kappa shape index (κ2) is 6.46. The molecule has 0 atom stereocenters. The Labute approximate surface area is 80.3 Å². The molecule has 0 heterocycles. The van der Waals surface area contributed by atoms with Gasteiger partial charge in [-0.1, -0.05) is 19.9 Å². The monoisotopic (exact) mass is 182 g/mol. The molecule has 0 amide bonds. The van der Waals surface area contributed by atoms with Crippen LogP contribution in [0, 0.1) is 0 Å². The summed E-state index contributed by atoms with van der Waals surface area (Å²) in [7, 11) is 0. The number of carbonyl (C=O) groups is 1. The van der Waals surface area contributed by atoms with E-state index in [0.717, 1.165) is 24.2 Å². The smallest absolute Gasteiger partial charge is 0.308 e. The number of esters is 1. The Balaban J connectivity index is 0.000000671. The van der Waals surface area contributed by atoms with E-state index in [1.54, 1.807) is 0 Å². The van der Waals surface area contributed by atoms with Crippen LogP contribution in [0.2, 0.25) is 0 Å². The van der Waals surface area contributed by atoms with Crippen molar-refractivity contribution in [2.75, 3.05) is 0 Å². The third-order valence-electron chi connectivity index (χ3n) is 1.59. The van der Waals surface area contributed by atoms with Crippen molar-refractivity contribution in [1.29, 1.82) is 0 Å².